The van der Waals surface area contributed by atoms with Crippen LogP contribution in [-0.4, -0.2) is 18.3 Å². The third-order valence-corrected chi connectivity index (χ3v) is 6.57. The van der Waals surface area contributed by atoms with Crippen LogP contribution < -0.4 is 4.72 Å². The van der Waals surface area contributed by atoms with Crippen molar-refractivity contribution >= 4 is 50.0 Å². The van der Waals surface area contributed by atoms with Crippen LogP contribution in [0.3, 0.4) is 0 Å². The Balaban J connectivity index is 2.27. The summed E-state index contributed by atoms with van der Waals surface area (Å²) in [5.41, 5.74) is -0.418. The molecule has 0 fully saturated rings. The number of nitrogens with zero attached hydrogens (tertiary/aromatic N) is 2. The van der Waals surface area contributed by atoms with Crippen molar-refractivity contribution in [2.45, 2.75) is 17.2 Å². The standard InChI is InChI=1S/C9H8ClN3O4S3/c1-5(9-11-2-3-18-9)12-20(16,17)7-4-6(13(14)15)8(10)19-7/h2-5,12H,1H3. The molecule has 0 aliphatic rings. The van der Waals surface area contributed by atoms with E-state index in [4.69, 9.17) is 11.6 Å². The molecule has 0 amide bonds. The minimum absolute atomic E-state index is 0.169. The Labute approximate surface area is 127 Å². The Morgan fingerprint density at radius 3 is 2.75 bits per heavy atom. The molecule has 7 nitrogen and oxygen atoms in total. The van der Waals surface area contributed by atoms with Crippen molar-refractivity contribution in [1.82, 2.24) is 9.71 Å². The summed E-state index contributed by atoms with van der Waals surface area (Å²) in [7, 11) is -3.87. The molecule has 2 aromatic heterocycles. The summed E-state index contributed by atoms with van der Waals surface area (Å²) < 4.78 is 26.3. The molecule has 0 bridgehead atoms. The smallest absolute Gasteiger partial charge is 0.258 e. The molecule has 2 rings (SSSR count). The lowest BCUT2D eigenvalue weighted by Crippen LogP contribution is -2.26. The number of rotatable bonds is 5. The highest BCUT2D eigenvalue weighted by molar-refractivity contribution is 7.91. The molecule has 0 radical (unpaired) electrons. The van der Waals surface area contributed by atoms with Gasteiger partial charge in [-0.2, -0.15) is 0 Å². The summed E-state index contributed by atoms with van der Waals surface area (Å²) >= 11 is 7.61. The number of aromatic nitrogens is 1. The van der Waals surface area contributed by atoms with Gasteiger partial charge in [-0.05, 0) is 6.92 Å². The van der Waals surface area contributed by atoms with Gasteiger partial charge in [-0.15, -0.1) is 22.7 Å². The lowest BCUT2D eigenvalue weighted by Gasteiger charge is -2.10. The predicted octanol–water partition coefficient (Wildman–Crippen LogP) is 2.81. The summed E-state index contributed by atoms with van der Waals surface area (Å²) in [6.45, 7) is 1.64. The molecule has 11 heteroatoms. The summed E-state index contributed by atoms with van der Waals surface area (Å²) in [5, 5.41) is 13.0. The number of nitro groups is 1. The van der Waals surface area contributed by atoms with Gasteiger partial charge in [0.25, 0.3) is 15.7 Å². The second-order valence-corrected chi connectivity index (χ2v) is 8.22. The van der Waals surface area contributed by atoms with Crippen molar-refractivity contribution in [1.29, 1.82) is 0 Å². The predicted molar refractivity (Wildman–Crippen MR) is 76.8 cm³/mol. The fourth-order valence-corrected chi connectivity index (χ4v) is 4.99. The van der Waals surface area contributed by atoms with Crippen molar-refractivity contribution < 1.29 is 13.3 Å². The monoisotopic (exact) mass is 353 g/mol. The maximum atomic E-state index is 12.1. The Kier molecular flexibility index (Phi) is 4.39. The van der Waals surface area contributed by atoms with Crippen molar-refractivity contribution in [2.75, 3.05) is 0 Å². The van der Waals surface area contributed by atoms with Crippen LogP contribution in [0.5, 0.6) is 0 Å². The number of nitrogens with one attached hydrogen (secondary N) is 1. The average Bonchev–Trinajstić information content (AvgIpc) is 2.96. The zero-order valence-electron chi connectivity index (χ0n) is 9.94. The van der Waals surface area contributed by atoms with Gasteiger partial charge in [0.15, 0.2) is 4.34 Å². The SMILES string of the molecule is CC(NS(=O)(=O)c1cc([N+](=O)[O-])c(Cl)s1)c1nccs1. The minimum atomic E-state index is -3.87. The number of thiazole rings is 1. The molecule has 1 atom stereocenters. The Bertz CT molecular complexity index is 726. The fraction of sp³-hybridized carbons (Fsp3) is 0.222. The van der Waals surface area contributed by atoms with Gasteiger partial charge in [0.05, 0.1) is 11.0 Å². The van der Waals surface area contributed by atoms with Crippen LogP contribution in [0.4, 0.5) is 5.69 Å². The van der Waals surface area contributed by atoms with Crippen LogP contribution in [0, 0.1) is 10.1 Å². The second kappa shape index (κ2) is 5.74. The normalized spacial score (nSPS) is 13.3. The number of halogens is 1. The van der Waals surface area contributed by atoms with E-state index in [0.29, 0.717) is 16.3 Å². The lowest BCUT2D eigenvalue weighted by atomic mass is 10.4. The molecule has 0 aliphatic heterocycles. The van der Waals surface area contributed by atoms with Gasteiger partial charge in [0.2, 0.25) is 0 Å². The zero-order chi connectivity index (χ0) is 14.9. The highest BCUT2D eigenvalue weighted by atomic mass is 35.5. The molecule has 1 unspecified atom stereocenters. The van der Waals surface area contributed by atoms with E-state index in [9.17, 15) is 18.5 Å². The lowest BCUT2D eigenvalue weighted by molar-refractivity contribution is -0.384. The van der Waals surface area contributed by atoms with E-state index in [0.717, 1.165) is 6.07 Å². The quantitative estimate of drug-likeness (QED) is 0.657. The van der Waals surface area contributed by atoms with E-state index in [-0.39, 0.29) is 8.55 Å². The zero-order valence-corrected chi connectivity index (χ0v) is 13.1. The van der Waals surface area contributed by atoms with Crippen LogP contribution >= 0.6 is 34.3 Å². The average molecular weight is 354 g/mol. The maximum absolute atomic E-state index is 12.1. The fourth-order valence-electron chi connectivity index (χ4n) is 1.38. The maximum Gasteiger partial charge on any atom is 0.300 e. The van der Waals surface area contributed by atoms with Crippen molar-refractivity contribution in [3.05, 3.63) is 37.1 Å². The first-order chi connectivity index (χ1) is 9.31. The first-order valence-corrected chi connectivity index (χ1v) is 8.72. The number of sulfonamides is 1. The molecular formula is C9H8ClN3O4S3. The topological polar surface area (TPSA) is 102 Å². The molecule has 0 spiro atoms. The van der Waals surface area contributed by atoms with Gasteiger partial charge >= 0.3 is 0 Å². The number of hydrogen-bond donors (Lipinski definition) is 1. The van der Waals surface area contributed by atoms with Crippen LogP contribution in [0.2, 0.25) is 4.34 Å². The molecule has 0 saturated carbocycles. The van der Waals surface area contributed by atoms with Crippen LogP contribution in [0.15, 0.2) is 21.9 Å². The molecule has 2 heterocycles. The summed E-state index contributed by atoms with van der Waals surface area (Å²) in [6.07, 6.45) is 1.57. The highest BCUT2D eigenvalue weighted by Crippen LogP contribution is 2.36. The second-order valence-electron chi connectivity index (χ2n) is 3.69. The Morgan fingerprint density at radius 2 is 2.25 bits per heavy atom. The third-order valence-electron chi connectivity index (χ3n) is 2.26. The van der Waals surface area contributed by atoms with E-state index in [2.05, 4.69) is 9.71 Å². The van der Waals surface area contributed by atoms with E-state index >= 15 is 0 Å². The Hall–Kier alpha value is -1.07. The minimum Gasteiger partial charge on any atom is -0.258 e. The summed E-state index contributed by atoms with van der Waals surface area (Å²) in [6, 6.07) is 0.420. The van der Waals surface area contributed by atoms with Gasteiger partial charge in [-0.3, -0.25) is 10.1 Å². The number of hydrogen-bond acceptors (Lipinski definition) is 7. The molecule has 0 aliphatic carbocycles. The van der Waals surface area contributed by atoms with Crippen LogP contribution in [-0.2, 0) is 10.0 Å². The van der Waals surface area contributed by atoms with Gasteiger partial charge in [0, 0.05) is 17.6 Å². The molecular weight excluding hydrogens is 346 g/mol. The van der Waals surface area contributed by atoms with E-state index in [1.54, 1.807) is 18.5 Å². The first-order valence-electron chi connectivity index (χ1n) is 5.16. The largest absolute Gasteiger partial charge is 0.300 e. The number of thiophene rings is 1. The first kappa shape index (κ1) is 15.3. The summed E-state index contributed by atoms with van der Waals surface area (Å²) in [4.78, 5) is 14.0. The van der Waals surface area contributed by atoms with E-state index in [1.165, 1.54) is 11.3 Å². The van der Waals surface area contributed by atoms with Gasteiger partial charge in [-0.25, -0.2) is 18.1 Å². The molecule has 0 saturated heterocycles. The van der Waals surface area contributed by atoms with Crippen LogP contribution in [0.1, 0.15) is 18.0 Å². The molecule has 20 heavy (non-hydrogen) atoms. The van der Waals surface area contributed by atoms with E-state index in [1.807, 2.05) is 0 Å². The Morgan fingerprint density at radius 1 is 1.55 bits per heavy atom. The highest BCUT2D eigenvalue weighted by Gasteiger charge is 2.27. The molecule has 2 aromatic rings. The van der Waals surface area contributed by atoms with Gasteiger partial charge in [-0.1, -0.05) is 11.6 Å². The van der Waals surface area contributed by atoms with Gasteiger partial charge in [0.1, 0.15) is 9.22 Å². The third kappa shape index (κ3) is 3.15. The van der Waals surface area contributed by atoms with Gasteiger partial charge < -0.3 is 0 Å². The summed E-state index contributed by atoms with van der Waals surface area (Å²) in [5.74, 6) is 0. The molecule has 0 aromatic carbocycles. The molecule has 108 valence electrons. The van der Waals surface area contributed by atoms with E-state index < -0.39 is 26.7 Å². The van der Waals surface area contributed by atoms with Crippen molar-refractivity contribution in [3.63, 3.8) is 0 Å². The van der Waals surface area contributed by atoms with Crippen molar-refractivity contribution in [3.8, 4) is 0 Å². The van der Waals surface area contributed by atoms with Crippen LogP contribution in [0.25, 0.3) is 0 Å². The van der Waals surface area contributed by atoms with Crippen molar-refractivity contribution in [2.24, 2.45) is 0 Å². The molecule has 1 N–H and O–H groups in total.